The number of carboxylic acid groups (broad SMARTS) is 1. The summed E-state index contributed by atoms with van der Waals surface area (Å²) in [7, 11) is 0. The number of nitrogens with one attached hydrogen (secondary N) is 1. The lowest BCUT2D eigenvalue weighted by Gasteiger charge is -2.30. The minimum Gasteiger partial charge on any atom is -0.480 e. The summed E-state index contributed by atoms with van der Waals surface area (Å²) >= 11 is 4.46. The summed E-state index contributed by atoms with van der Waals surface area (Å²) in [4.78, 5) is 34.7. The van der Waals surface area contributed by atoms with Crippen LogP contribution in [0.5, 0.6) is 0 Å². The molecule has 4 rings (SSSR count). The van der Waals surface area contributed by atoms with E-state index in [1.165, 1.54) is 23.5 Å². The number of carbonyl (C=O) groups is 2. The maximum absolute atomic E-state index is 14.4. The molecule has 1 aromatic heterocycles. The largest absolute Gasteiger partial charge is 0.480 e. The van der Waals surface area contributed by atoms with Crippen molar-refractivity contribution < 1.29 is 32.6 Å². The number of hydrogen-bond acceptors (Lipinski definition) is 8. The first-order valence-electron chi connectivity index (χ1n) is 10.5. The molecule has 8 nitrogen and oxygen atoms in total. The van der Waals surface area contributed by atoms with Crippen molar-refractivity contribution in [3.05, 3.63) is 61.9 Å². The molecule has 2 aliphatic heterocycles. The topological polar surface area (TPSA) is 104 Å². The Bertz CT molecular complexity index is 1210. The summed E-state index contributed by atoms with van der Waals surface area (Å²) in [6.07, 6.45) is 0.694. The number of alkyl halides is 2. The Hall–Kier alpha value is -2.77. The Morgan fingerprint density at radius 3 is 2.83 bits per heavy atom. The Balaban J connectivity index is 1.85. The van der Waals surface area contributed by atoms with Crippen LogP contribution in [0, 0.1) is 5.82 Å². The Kier molecular flexibility index (Phi) is 7.29. The van der Waals surface area contributed by atoms with E-state index in [4.69, 9.17) is 4.74 Å². The van der Waals surface area contributed by atoms with Gasteiger partial charge in [0.1, 0.15) is 17.9 Å². The van der Waals surface area contributed by atoms with Gasteiger partial charge in [-0.05, 0) is 34.5 Å². The predicted molar refractivity (Wildman–Crippen MR) is 125 cm³/mol. The van der Waals surface area contributed by atoms with E-state index in [2.05, 4.69) is 31.2 Å². The fourth-order valence-corrected chi connectivity index (χ4v) is 5.14. The van der Waals surface area contributed by atoms with Crippen LogP contribution in [0.15, 0.2) is 50.5 Å². The van der Waals surface area contributed by atoms with Crippen LogP contribution in [0.3, 0.4) is 0 Å². The van der Waals surface area contributed by atoms with Gasteiger partial charge in [-0.15, -0.1) is 11.3 Å². The summed E-state index contributed by atoms with van der Waals surface area (Å²) in [6, 6.07) is 1.75. The Labute approximate surface area is 210 Å². The minimum atomic E-state index is -3.21. The van der Waals surface area contributed by atoms with E-state index in [1.807, 2.05) is 0 Å². The van der Waals surface area contributed by atoms with Gasteiger partial charge in [0.25, 0.3) is 5.92 Å². The number of aliphatic imine (C=N–C) groups is 1. The van der Waals surface area contributed by atoms with Crippen molar-refractivity contribution in [2.75, 3.05) is 19.7 Å². The van der Waals surface area contributed by atoms with Crippen LogP contribution >= 0.6 is 27.3 Å². The summed E-state index contributed by atoms with van der Waals surface area (Å²) in [5, 5.41) is 14.7. The normalized spacial score (nSPS) is 22.0. The second-order valence-electron chi connectivity index (χ2n) is 7.92. The average Bonchev–Trinajstić information content (AvgIpc) is 3.43. The lowest BCUT2D eigenvalue weighted by molar-refractivity contribution is -0.142. The van der Waals surface area contributed by atoms with Gasteiger partial charge in [0.2, 0.25) is 0 Å². The zero-order valence-electron chi connectivity index (χ0n) is 18.3. The SMILES string of the molecule is CCOC(=O)C1=C(CN2CC(F)(F)C[C@H]2C(=O)O)NC(c2nccs2)=N[C@H]1c1cccc(F)c1Br. The molecule has 35 heavy (non-hydrogen) atoms. The second-order valence-corrected chi connectivity index (χ2v) is 9.60. The molecule has 0 amide bonds. The van der Waals surface area contributed by atoms with Crippen LogP contribution in [0.25, 0.3) is 0 Å². The number of nitrogens with zero attached hydrogens (tertiary/aromatic N) is 3. The van der Waals surface area contributed by atoms with E-state index >= 15 is 0 Å². The number of aliphatic carboxylic acids is 1. The summed E-state index contributed by atoms with van der Waals surface area (Å²) in [6.45, 7) is 0.500. The van der Waals surface area contributed by atoms with E-state index < -0.39 is 48.7 Å². The summed E-state index contributed by atoms with van der Waals surface area (Å²) in [5.41, 5.74) is 0.411. The van der Waals surface area contributed by atoms with Gasteiger partial charge in [-0.1, -0.05) is 12.1 Å². The molecule has 1 fully saturated rings. The van der Waals surface area contributed by atoms with Crippen LogP contribution in [-0.2, 0) is 14.3 Å². The third-order valence-electron chi connectivity index (χ3n) is 5.55. The van der Waals surface area contributed by atoms with E-state index in [1.54, 1.807) is 24.6 Å². The number of thiazole rings is 1. The number of halogens is 4. The molecule has 0 aliphatic carbocycles. The molecular formula is C22H20BrF3N4O4S. The smallest absolute Gasteiger partial charge is 0.338 e. The molecule has 3 heterocycles. The summed E-state index contributed by atoms with van der Waals surface area (Å²) in [5.74, 6) is -5.73. The lowest BCUT2D eigenvalue weighted by Crippen LogP contribution is -2.43. The number of hydrogen-bond donors (Lipinski definition) is 2. The van der Waals surface area contributed by atoms with E-state index in [0.29, 0.717) is 10.6 Å². The number of carbonyl (C=O) groups excluding carboxylic acids is 1. The molecule has 0 spiro atoms. The number of carboxylic acids is 1. The van der Waals surface area contributed by atoms with Crippen LogP contribution < -0.4 is 5.32 Å². The molecule has 2 atom stereocenters. The number of rotatable bonds is 7. The quantitative estimate of drug-likeness (QED) is 0.487. The van der Waals surface area contributed by atoms with Crippen LogP contribution in [0.2, 0.25) is 0 Å². The molecule has 0 unspecified atom stereocenters. The van der Waals surface area contributed by atoms with Crippen LogP contribution in [0.4, 0.5) is 13.2 Å². The maximum Gasteiger partial charge on any atom is 0.338 e. The first kappa shape index (κ1) is 25.3. The molecule has 0 radical (unpaired) electrons. The van der Waals surface area contributed by atoms with Gasteiger partial charge < -0.3 is 15.2 Å². The Morgan fingerprint density at radius 2 is 2.17 bits per heavy atom. The number of benzene rings is 1. The van der Waals surface area contributed by atoms with Gasteiger partial charge in [0.15, 0.2) is 10.8 Å². The molecule has 0 bridgehead atoms. The first-order chi connectivity index (χ1) is 16.6. The molecule has 2 N–H and O–H groups in total. The Morgan fingerprint density at radius 1 is 1.40 bits per heavy atom. The van der Waals surface area contributed by atoms with Crippen molar-refractivity contribution in [2.24, 2.45) is 4.99 Å². The van der Waals surface area contributed by atoms with Gasteiger partial charge in [-0.3, -0.25) is 14.7 Å². The number of likely N-dealkylation sites (tertiary alicyclic amines) is 1. The van der Waals surface area contributed by atoms with Gasteiger partial charge >= 0.3 is 11.9 Å². The fraction of sp³-hybridized carbons (Fsp3) is 0.364. The second kappa shape index (κ2) is 10.1. The highest BCUT2D eigenvalue weighted by Gasteiger charge is 2.49. The number of esters is 1. The molecule has 13 heteroatoms. The van der Waals surface area contributed by atoms with E-state index in [0.717, 1.165) is 4.90 Å². The lowest BCUT2D eigenvalue weighted by atomic mass is 9.95. The summed E-state index contributed by atoms with van der Waals surface area (Å²) < 4.78 is 48.0. The standard InChI is InChI=1S/C22H20BrF3N4O4S/c1-2-34-21(33)15-13(9-30-10-22(25,26)8-14(30)20(31)32)28-18(19-27-6-7-35-19)29-17(15)11-4-3-5-12(24)16(11)23/h3-7,14,17H,2,8-10H2,1H3,(H,28,29)(H,31,32)/t14-,17-/m0/s1. The molecule has 186 valence electrons. The number of ether oxygens (including phenoxy) is 1. The van der Waals surface area contributed by atoms with Crippen molar-refractivity contribution in [2.45, 2.75) is 31.4 Å². The number of aromatic nitrogens is 1. The van der Waals surface area contributed by atoms with Crippen molar-refractivity contribution in [1.82, 2.24) is 15.2 Å². The molecule has 1 aromatic carbocycles. The van der Waals surface area contributed by atoms with Gasteiger partial charge in [-0.2, -0.15) is 0 Å². The fourth-order valence-electron chi connectivity index (χ4n) is 4.07. The van der Waals surface area contributed by atoms with E-state index in [9.17, 15) is 27.9 Å². The van der Waals surface area contributed by atoms with Crippen molar-refractivity contribution in [3.8, 4) is 0 Å². The van der Waals surface area contributed by atoms with Crippen LogP contribution in [-0.4, -0.2) is 64.4 Å². The average molecular weight is 573 g/mol. The molecule has 2 aliphatic rings. The van der Waals surface area contributed by atoms with E-state index in [-0.39, 0.29) is 34.7 Å². The minimum absolute atomic E-state index is 0.0231. The molecular weight excluding hydrogens is 553 g/mol. The first-order valence-corrected chi connectivity index (χ1v) is 12.2. The predicted octanol–water partition coefficient (Wildman–Crippen LogP) is 3.75. The monoisotopic (exact) mass is 572 g/mol. The van der Waals surface area contributed by atoms with Gasteiger partial charge in [-0.25, -0.2) is 22.9 Å². The zero-order chi connectivity index (χ0) is 25.3. The number of amidine groups is 1. The highest BCUT2D eigenvalue weighted by molar-refractivity contribution is 9.10. The van der Waals surface area contributed by atoms with Gasteiger partial charge in [0.05, 0.1) is 23.2 Å². The highest BCUT2D eigenvalue weighted by Crippen LogP contribution is 2.39. The highest BCUT2D eigenvalue weighted by atomic mass is 79.9. The third kappa shape index (κ3) is 5.26. The third-order valence-corrected chi connectivity index (χ3v) is 7.16. The molecule has 2 aromatic rings. The van der Waals surface area contributed by atoms with Gasteiger partial charge in [0, 0.05) is 30.2 Å². The van der Waals surface area contributed by atoms with Crippen molar-refractivity contribution >= 4 is 45.0 Å². The zero-order valence-corrected chi connectivity index (χ0v) is 20.7. The molecule has 0 saturated carbocycles. The van der Waals surface area contributed by atoms with Crippen LogP contribution in [0.1, 0.15) is 30.0 Å². The maximum atomic E-state index is 14.4. The van der Waals surface area contributed by atoms with Crippen molar-refractivity contribution in [1.29, 1.82) is 0 Å². The van der Waals surface area contributed by atoms with Crippen molar-refractivity contribution in [3.63, 3.8) is 0 Å². The molecule has 1 saturated heterocycles.